The molecule has 14 heavy (non-hydrogen) atoms. The molecule has 0 saturated carbocycles. The first-order valence-electron chi connectivity index (χ1n) is 4.65. The second-order valence-electron chi connectivity index (χ2n) is 3.04. The van der Waals surface area contributed by atoms with Gasteiger partial charge < -0.3 is 5.32 Å². The molecular formula is C11H13FN2. The molecule has 3 heteroatoms. The van der Waals surface area contributed by atoms with E-state index in [0.29, 0.717) is 13.0 Å². The van der Waals surface area contributed by atoms with Gasteiger partial charge in [-0.1, -0.05) is 12.1 Å². The Balaban J connectivity index is 2.22. The molecule has 0 fully saturated rings. The minimum Gasteiger partial charge on any atom is -0.315 e. The molecule has 2 nitrogen and oxygen atoms in total. The number of nitrogens with zero attached hydrogens (tertiary/aromatic N) is 1. The zero-order chi connectivity index (χ0) is 10.2. The van der Waals surface area contributed by atoms with Crippen LogP contribution >= 0.6 is 0 Å². The topological polar surface area (TPSA) is 35.8 Å². The molecule has 0 unspecified atom stereocenters. The van der Waals surface area contributed by atoms with E-state index in [1.165, 1.54) is 12.1 Å². The van der Waals surface area contributed by atoms with Crippen molar-refractivity contribution in [2.45, 2.75) is 12.8 Å². The zero-order valence-electron chi connectivity index (χ0n) is 7.96. The molecule has 1 aromatic rings. The summed E-state index contributed by atoms with van der Waals surface area (Å²) in [5, 5.41) is 11.4. The van der Waals surface area contributed by atoms with E-state index in [9.17, 15) is 4.39 Å². The quantitative estimate of drug-likeness (QED) is 0.723. The van der Waals surface area contributed by atoms with E-state index >= 15 is 0 Å². The Bertz CT molecular complexity index is 317. The number of rotatable bonds is 5. The lowest BCUT2D eigenvalue weighted by Gasteiger charge is -2.02. The van der Waals surface area contributed by atoms with E-state index in [-0.39, 0.29) is 5.82 Å². The second-order valence-corrected chi connectivity index (χ2v) is 3.04. The molecule has 0 radical (unpaired) electrons. The maximum absolute atomic E-state index is 12.7. The molecule has 0 saturated heterocycles. The molecule has 0 aromatic heterocycles. The fourth-order valence-corrected chi connectivity index (χ4v) is 1.19. The molecule has 0 aliphatic heterocycles. The summed E-state index contributed by atoms with van der Waals surface area (Å²) in [6, 6.07) is 8.63. The summed E-state index contributed by atoms with van der Waals surface area (Å²) in [6.45, 7) is 1.48. The molecule has 0 heterocycles. The lowest BCUT2D eigenvalue weighted by Crippen LogP contribution is -2.18. The Hall–Kier alpha value is -1.40. The summed E-state index contributed by atoms with van der Waals surface area (Å²) in [4.78, 5) is 0. The monoisotopic (exact) mass is 192 g/mol. The number of hydrogen-bond donors (Lipinski definition) is 1. The van der Waals surface area contributed by atoms with E-state index in [1.807, 2.05) is 6.07 Å². The Kier molecular flexibility index (Phi) is 4.66. The van der Waals surface area contributed by atoms with Crippen LogP contribution in [0.3, 0.4) is 0 Å². The second kappa shape index (κ2) is 6.11. The average molecular weight is 192 g/mol. The molecule has 74 valence electrons. The third-order valence-electron chi connectivity index (χ3n) is 1.89. The van der Waals surface area contributed by atoms with Crippen LogP contribution in [0, 0.1) is 17.1 Å². The van der Waals surface area contributed by atoms with Gasteiger partial charge in [-0.15, -0.1) is 0 Å². The van der Waals surface area contributed by atoms with Crippen LogP contribution in [0.5, 0.6) is 0 Å². The van der Waals surface area contributed by atoms with E-state index in [2.05, 4.69) is 11.4 Å². The molecule has 0 aliphatic carbocycles. The molecule has 0 spiro atoms. The predicted molar refractivity (Wildman–Crippen MR) is 53.2 cm³/mol. The average Bonchev–Trinajstić information content (AvgIpc) is 2.18. The molecule has 0 aliphatic rings. The number of nitriles is 1. The lowest BCUT2D eigenvalue weighted by atomic mass is 10.1. The Morgan fingerprint density at radius 2 is 2.21 bits per heavy atom. The first kappa shape index (κ1) is 10.7. The van der Waals surface area contributed by atoms with Gasteiger partial charge in [-0.2, -0.15) is 5.26 Å². The smallest absolute Gasteiger partial charge is 0.123 e. The number of hydrogen-bond acceptors (Lipinski definition) is 2. The number of halogens is 1. The largest absolute Gasteiger partial charge is 0.315 e. The number of nitrogens with one attached hydrogen (secondary N) is 1. The van der Waals surface area contributed by atoms with E-state index < -0.39 is 0 Å². The molecule has 0 bridgehead atoms. The fraction of sp³-hybridized carbons (Fsp3) is 0.364. The normalized spacial score (nSPS) is 9.71. The van der Waals surface area contributed by atoms with Crippen LogP contribution in [0.2, 0.25) is 0 Å². The van der Waals surface area contributed by atoms with Crippen molar-refractivity contribution in [2.24, 2.45) is 0 Å². The van der Waals surface area contributed by atoms with E-state index in [1.54, 1.807) is 6.07 Å². The molecule has 0 amide bonds. The third-order valence-corrected chi connectivity index (χ3v) is 1.89. The number of benzene rings is 1. The van der Waals surface area contributed by atoms with Crippen molar-refractivity contribution in [3.63, 3.8) is 0 Å². The molecule has 0 atom stereocenters. The van der Waals surface area contributed by atoms with Gasteiger partial charge in [-0.3, -0.25) is 0 Å². The van der Waals surface area contributed by atoms with Gasteiger partial charge in [0.2, 0.25) is 0 Å². The van der Waals surface area contributed by atoms with Gasteiger partial charge in [-0.25, -0.2) is 4.39 Å². The van der Waals surface area contributed by atoms with E-state index in [0.717, 1.165) is 18.5 Å². The van der Waals surface area contributed by atoms with Gasteiger partial charge in [0.1, 0.15) is 5.82 Å². The van der Waals surface area contributed by atoms with Crippen molar-refractivity contribution in [1.29, 1.82) is 5.26 Å². The van der Waals surface area contributed by atoms with Gasteiger partial charge >= 0.3 is 0 Å². The van der Waals surface area contributed by atoms with Crippen molar-refractivity contribution in [1.82, 2.24) is 5.32 Å². The van der Waals surface area contributed by atoms with Crippen molar-refractivity contribution in [3.8, 4) is 6.07 Å². The van der Waals surface area contributed by atoms with E-state index in [4.69, 9.17) is 5.26 Å². The zero-order valence-corrected chi connectivity index (χ0v) is 7.96. The van der Waals surface area contributed by atoms with Gasteiger partial charge in [0, 0.05) is 13.0 Å². The third kappa shape index (κ3) is 4.01. The van der Waals surface area contributed by atoms with Gasteiger partial charge in [0.25, 0.3) is 0 Å². The van der Waals surface area contributed by atoms with Crippen LogP contribution < -0.4 is 5.32 Å². The maximum atomic E-state index is 12.7. The summed E-state index contributed by atoms with van der Waals surface area (Å²) >= 11 is 0. The highest BCUT2D eigenvalue weighted by atomic mass is 19.1. The van der Waals surface area contributed by atoms with Crippen molar-refractivity contribution in [3.05, 3.63) is 35.6 Å². The Morgan fingerprint density at radius 3 is 2.93 bits per heavy atom. The van der Waals surface area contributed by atoms with Crippen LogP contribution in [0.15, 0.2) is 24.3 Å². The van der Waals surface area contributed by atoms with Crippen LogP contribution in [-0.4, -0.2) is 13.1 Å². The first-order valence-corrected chi connectivity index (χ1v) is 4.65. The van der Waals surface area contributed by atoms with Crippen molar-refractivity contribution >= 4 is 0 Å². The van der Waals surface area contributed by atoms with Gasteiger partial charge in [0.05, 0.1) is 6.07 Å². The fourth-order valence-electron chi connectivity index (χ4n) is 1.19. The SMILES string of the molecule is N#CCCNCCc1cccc(F)c1. The van der Waals surface area contributed by atoms with Crippen LogP contribution in [0.1, 0.15) is 12.0 Å². The van der Waals surface area contributed by atoms with Crippen LogP contribution in [-0.2, 0) is 6.42 Å². The molecule has 1 N–H and O–H groups in total. The first-order chi connectivity index (χ1) is 6.83. The Labute approximate surface area is 83.4 Å². The highest BCUT2D eigenvalue weighted by molar-refractivity contribution is 5.16. The minimum absolute atomic E-state index is 0.195. The van der Waals surface area contributed by atoms with Crippen LogP contribution in [0.25, 0.3) is 0 Å². The summed E-state index contributed by atoms with van der Waals surface area (Å²) in [5.74, 6) is -0.195. The predicted octanol–water partition coefficient (Wildman–Crippen LogP) is 1.87. The highest BCUT2D eigenvalue weighted by Crippen LogP contribution is 2.03. The molecule has 1 rings (SSSR count). The van der Waals surface area contributed by atoms with Gasteiger partial charge in [-0.05, 0) is 30.7 Å². The van der Waals surface area contributed by atoms with Crippen molar-refractivity contribution < 1.29 is 4.39 Å². The van der Waals surface area contributed by atoms with Crippen molar-refractivity contribution in [2.75, 3.05) is 13.1 Å². The van der Waals surface area contributed by atoms with Crippen LogP contribution in [0.4, 0.5) is 4.39 Å². The summed E-state index contributed by atoms with van der Waals surface area (Å²) in [6.07, 6.45) is 1.31. The Morgan fingerprint density at radius 1 is 1.36 bits per heavy atom. The summed E-state index contributed by atoms with van der Waals surface area (Å²) in [5.41, 5.74) is 0.981. The van der Waals surface area contributed by atoms with Gasteiger partial charge in [0.15, 0.2) is 0 Å². The highest BCUT2D eigenvalue weighted by Gasteiger charge is 1.94. The molecule has 1 aromatic carbocycles. The summed E-state index contributed by atoms with van der Waals surface area (Å²) in [7, 11) is 0. The summed E-state index contributed by atoms with van der Waals surface area (Å²) < 4.78 is 12.7. The maximum Gasteiger partial charge on any atom is 0.123 e. The minimum atomic E-state index is -0.195. The lowest BCUT2D eigenvalue weighted by molar-refractivity contribution is 0.623. The standard InChI is InChI=1S/C11H13FN2/c12-11-4-1-3-10(9-11)5-8-14-7-2-6-13/h1,3-4,9,14H,2,5,7-8H2. The molecular weight excluding hydrogens is 179 g/mol.